The summed E-state index contributed by atoms with van der Waals surface area (Å²) >= 11 is 2.17. The van der Waals surface area contributed by atoms with Gasteiger partial charge in [-0.25, -0.2) is 9.97 Å². The Kier molecular flexibility index (Phi) is 5.53. The molecule has 6 nitrogen and oxygen atoms in total. The Labute approximate surface area is 133 Å². The third-order valence-electron chi connectivity index (χ3n) is 3.67. The lowest BCUT2D eigenvalue weighted by Gasteiger charge is -2.37. The number of nitrogen functional groups attached to an aromatic ring is 1. The molecule has 1 saturated heterocycles. The fourth-order valence-corrected chi connectivity index (χ4v) is 2.82. The van der Waals surface area contributed by atoms with Gasteiger partial charge in [0.2, 0.25) is 0 Å². The molecule has 7 heteroatoms. The fourth-order valence-electron chi connectivity index (χ4n) is 2.42. The molecular formula is C13H22IN5O. The van der Waals surface area contributed by atoms with Crippen molar-refractivity contribution in [1.29, 1.82) is 0 Å². The van der Waals surface area contributed by atoms with Gasteiger partial charge < -0.3 is 20.3 Å². The Morgan fingerprint density at radius 3 is 2.80 bits per heavy atom. The van der Waals surface area contributed by atoms with Crippen LogP contribution in [-0.2, 0) is 17.8 Å². The zero-order valence-corrected chi connectivity index (χ0v) is 14.4. The van der Waals surface area contributed by atoms with Gasteiger partial charge in [-0.05, 0) is 36.7 Å². The number of piperazine rings is 1. The molecule has 0 amide bonds. The van der Waals surface area contributed by atoms with Gasteiger partial charge in [0.25, 0.3) is 0 Å². The quantitative estimate of drug-likeness (QED) is 0.759. The molecule has 0 radical (unpaired) electrons. The third-order valence-corrected chi connectivity index (χ3v) is 4.85. The van der Waals surface area contributed by atoms with Gasteiger partial charge in [-0.15, -0.1) is 0 Å². The average molecular weight is 391 g/mol. The standard InChI is InChI=1S/C13H22IN5O/c1-18-4-5-19(2)9(7-18)6-11-16-10(8-20-3)12(14)13(15)17-11/h9H,4-8H2,1-3H3,(H2,15,16,17). The minimum atomic E-state index is 0.434. The highest BCUT2D eigenvalue weighted by Gasteiger charge is 2.24. The molecule has 1 atom stereocenters. The third kappa shape index (κ3) is 3.78. The average Bonchev–Trinajstić information content (AvgIpc) is 2.40. The minimum absolute atomic E-state index is 0.434. The Balaban J connectivity index is 2.16. The molecular weight excluding hydrogens is 369 g/mol. The second-order valence-electron chi connectivity index (χ2n) is 5.32. The number of halogens is 1. The molecule has 0 spiro atoms. The van der Waals surface area contributed by atoms with Crippen LogP contribution >= 0.6 is 22.6 Å². The molecule has 112 valence electrons. The molecule has 1 unspecified atom stereocenters. The number of nitrogens with two attached hydrogens (primary N) is 1. The number of hydrogen-bond donors (Lipinski definition) is 1. The summed E-state index contributed by atoms with van der Waals surface area (Å²) in [5.41, 5.74) is 6.86. The maximum atomic E-state index is 5.98. The van der Waals surface area contributed by atoms with Crippen molar-refractivity contribution in [1.82, 2.24) is 19.8 Å². The molecule has 1 aromatic rings. The zero-order chi connectivity index (χ0) is 14.7. The van der Waals surface area contributed by atoms with E-state index < -0.39 is 0 Å². The number of ether oxygens (including phenoxy) is 1. The molecule has 1 aliphatic heterocycles. The fraction of sp³-hybridized carbons (Fsp3) is 0.692. The summed E-state index contributed by atoms with van der Waals surface area (Å²) in [5.74, 6) is 1.36. The number of nitrogens with zero attached hydrogens (tertiary/aromatic N) is 4. The number of anilines is 1. The molecule has 20 heavy (non-hydrogen) atoms. The lowest BCUT2D eigenvalue weighted by Crippen LogP contribution is -2.51. The molecule has 1 aromatic heterocycles. The van der Waals surface area contributed by atoms with E-state index in [-0.39, 0.29) is 0 Å². The maximum absolute atomic E-state index is 5.98. The van der Waals surface area contributed by atoms with Crippen LogP contribution in [0.4, 0.5) is 5.82 Å². The van der Waals surface area contributed by atoms with E-state index in [4.69, 9.17) is 10.5 Å². The number of likely N-dealkylation sites (N-methyl/N-ethyl adjacent to an activating group) is 2. The SMILES string of the molecule is COCc1nc(CC2CN(C)CCN2C)nc(N)c1I. The monoisotopic (exact) mass is 391 g/mol. The largest absolute Gasteiger partial charge is 0.383 e. The van der Waals surface area contributed by atoms with Crippen LogP contribution in [0.1, 0.15) is 11.5 Å². The van der Waals surface area contributed by atoms with Gasteiger partial charge in [0.15, 0.2) is 0 Å². The van der Waals surface area contributed by atoms with Crippen LogP contribution in [0.2, 0.25) is 0 Å². The van der Waals surface area contributed by atoms with E-state index in [1.807, 2.05) is 0 Å². The molecule has 0 saturated carbocycles. The van der Waals surface area contributed by atoms with Crippen LogP contribution in [0.15, 0.2) is 0 Å². The van der Waals surface area contributed by atoms with Gasteiger partial charge in [0.1, 0.15) is 11.6 Å². The molecule has 2 heterocycles. The van der Waals surface area contributed by atoms with Crippen molar-refractivity contribution >= 4 is 28.4 Å². The van der Waals surface area contributed by atoms with Gasteiger partial charge in [-0.1, -0.05) is 0 Å². The highest BCUT2D eigenvalue weighted by Crippen LogP contribution is 2.19. The maximum Gasteiger partial charge on any atom is 0.140 e. The van der Waals surface area contributed by atoms with Crippen LogP contribution in [0.5, 0.6) is 0 Å². The predicted octanol–water partition coefficient (Wildman–Crippen LogP) is 0.598. The van der Waals surface area contributed by atoms with E-state index in [1.165, 1.54) is 0 Å². The Morgan fingerprint density at radius 2 is 2.10 bits per heavy atom. The second kappa shape index (κ2) is 6.97. The second-order valence-corrected chi connectivity index (χ2v) is 6.40. The van der Waals surface area contributed by atoms with Crippen LogP contribution in [0, 0.1) is 3.57 Å². The summed E-state index contributed by atoms with van der Waals surface area (Å²) in [6.07, 6.45) is 0.818. The summed E-state index contributed by atoms with van der Waals surface area (Å²) in [7, 11) is 5.97. The number of hydrogen-bond acceptors (Lipinski definition) is 6. The highest BCUT2D eigenvalue weighted by molar-refractivity contribution is 14.1. The summed E-state index contributed by atoms with van der Waals surface area (Å²) in [5, 5.41) is 0. The van der Waals surface area contributed by atoms with Gasteiger partial charge in [0.05, 0.1) is 15.9 Å². The number of methoxy groups -OCH3 is 1. The first-order chi connectivity index (χ1) is 9.51. The molecule has 0 bridgehead atoms. The van der Waals surface area contributed by atoms with Crippen molar-refractivity contribution in [3.63, 3.8) is 0 Å². The highest BCUT2D eigenvalue weighted by atomic mass is 127. The molecule has 2 rings (SSSR count). The van der Waals surface area contributed by atoms with Gasteiger partial charge in [-0.2, -0.15) is 0 Å². The van der Waals surface area contributed by atoms with Crippen molar-refractivity contribution in [2.24, 2.45) is 0 Å². The lowest BCUT2D eigenvalue weighted by molar-refractivity contribution is 0.113. The summed E-state index contributed by atoms with van der Waals surface area (Å²) in [6.45, 7) is 3.69. The summed E-state index contributed by atoms with van der Waals surface area (Å²) in [6, 6.07) is 0.434. The van der Waals surface area contributed by atoms with E-state index >= 15 is 0 Å². The smallest absolute Gasteiger partial charge is 0.140 e. The number of aromatic nitrogens is 2. The predicted molar refractivity (Wildman–Crippen MR) is 87.5 cm³/mol. The molecule has 0 aliphatic carbocycles. The topological polar surface area (TPSA) is 67.5 Å². The first-order valence-corrected chi connectivity index (χ1v) is 7.77. The van der Waals surface area contributed by atoms with E-state index in [0.29, 0.717) is 18.5 Å². The molecule has 0 aromatic carbocycles. The minimum Gasteiger partial charge on any atom is -0.383 e. The first-order valence-electron chi connectivity index (χ1n) is 6.69. The summed E-state index contributed by atoms with van der Waals surface area (Å²) in [4.78, 5) is 13.7. The summed E-state index contributed by atoms with van der Waals surface area (Å²) < 4.78 is 6.07. The Bertz CT molecular complexity index is 470. The van der Waals surface area contributed by atoms with Crippen LogP contribution in [0.25, 0.3) is 0 Å². The van der Waals surface area contributed by atoms with Crippen LogP contribution < -0.4 is 5.73 Å². The van der Waals surface area contributed by atoms with Crippen molar-refractivity contribution in [3.05, 3.63) is 15.1 Å². The number of rotatable bonds is 4. The van der Waals surface area contributed by atoms with Crippen LogP contribution in [0.3, 0.4) is 0 Å². The van der Waals surface area contributed by atoms with E-state index in [2.05, 4.69) is 56.5 Å². The van der Waals surface area contributed by atoms with Crippen molar-refractivity contribution < 1.29 is 4.74 Å². The van der Waals surface area contributed by atoms with Crippen molar-refractivity contribution in [2.75, 3.05) is 46.6 Å². The van der Waals surface area contributed by atoms with Crippen molar-refractivity contribution in [2.45, 2.75) is 19.1 Å². The van der Waals surface area contributed by atoms with Gasteiger partial charge in [-0.3, -0.25) is 0 Å². The van der Waals surface area contributed by atoms with E-state index in [9.17, 15) is 0 Å². The molecule has 1 fully saturated rings. The van der Waals surface area contributed by atoms with Gasteiger partial charge >= 0.3 is 0 Å². The normalized spacial score (nSPS) is 21.3. The molecule has 2 N–H and O–H groups in total. The lowest BCUT2D eigenvalue weighted by atomic mass is 10.1. The van der Waals surface area contributed by atoms with E-state index in [0.717, 1.165) is 41.1 Å². The zero-order valence-electron chi connectivity index (χ0n) is 12.3. The van der Waals surface area contributed by atoms with E-state index in [1.54, 1.807) is 7.11 Å². The Hall–Kier alpha value is -0.510. The first kappa shape index (κ1) is 15.9. The van der Waals surface area contributed by atoms with Crippen LogP contribution in [-0.4, -0.2) is 66.6 Å². The van der Waals surface area contributed by atoms with Crippen molar-refractivity contribution in [3.8, 4) is 0 Å². The molecule has 1 aliphatic rings. The van der Waals surface area contributed by atoms with Gasteiger partial charge in [0, 0.05) is 39.2 Å². The Morgan fingerprint density at radius 1 is 1.35 bits per heavy atom.